The van der Waals surface area contributed by atoms with Crippen LogP contribution in [-0.2, 0) is 45.2 Å². The largest absolute Gasteiger partial charge is 0.445 e. The van der Waals surface area contributed by atoms with Crippen molar-refractivity contribution in [2.45, 2.75) is 84.1 Å². The Kier molecular flexibility index (Phi) is 15.8. The van der Waals surface area contributed by atoms with Crippen molar-refractivity contribution in [1.29, 1.82) is 0 Å². The summed E-state index contributed by atoms with van der Waals surface area (Å²) in [7, 11) is 0. The topological polar surface area (TPSA) is 187 Å². The summed E-state index contributed by atoms with van der Waals surface area (Å²) in [6.07, 6.45) is -2.17. The van der Waals surface area contributed by atoms with Crippen LogP contribution in [0.2, 0.25) is 5.02 Å². The summed E-state index contributed by atoms with van der Waals surface area (Å²) in [5.74, 6) is -1.82. The summed E-state index contributed by atoms with van der Waals surface area (Å²) in [6.45, 7) is 7.43. The highest BCUT2D eigenvalue weighted by Gasteiger charge is 2.38. The minimum atomic E-state index is -1.53. The van der Waals surface area contributed by atoms with Crippen LogP contribution < -0.4 is 26.6 Å². The fourth-order valence-corrected chi connectivity index (χ4v) is 6.53. The van der Waals surface area contributed by atoms with Crippen LogP contribution in [0.15, 0.2) is 109 Å². The molecule has 0 aliphatic carbocycles. The molecule has 0 saturated heterocycles. The number of aliphatic hydroxyl groups is 1. The van der Waals surface area contributed by atoms with Gasteiger partial charge in [-0.2, -0.15) is 0 Å². The van der Waals surface area contributed by atoms with E-state index >= 15 is 0 Å². The number of para-hydroxylation sites is 2. The number of aliphatic hydroxyl groups excluding tert-OH is 1. The molecule has 5 aromatic rings. The van der Waals surface area contributed by atoms with E-state index in [-0.39, 0.29) is 38.0 Å². The van der Waals surface area contributed by atoms with Crippen molar-refractivity contribution >= 4 is 46.4 Å². The zero-order valence-electron chi connectivity index (χ0n) is 33.1. The average molecular weight is 810 g/mol. The van der Waals surface area contributed by atoms with E-state index in [4.69, 9.17) is 16.3 Å². The molecule has 0 aliphatic heterocycles. The van der Waals surface area contributed by atoms with Crippen LogP contribution in [0.1, 0.15) is 50.2 Å². The predicted octanol–water partition coefficient (Wildman–Crippen LogP) is 5.17. The number of halogens is 1. The number of alkyl carbamates (subject to hydrolysis) is 1. The maximum absolute atomic E-state index is 14.4. The van der Waals surface area contributed by atoms with Crippen LogP contribution in [0.3, 0.4) is 0 Å². The van der Waals surface area contributed by atoms with Gasteiger partial charge >= 0.3 is 6.09 Å². The predicted molar refractivity (Wildman–Crippen MR) is 223 cm³/mol. The molecular formula is C44H52ClN7O6. The average Bonchev–Trinajstić information content (AvgIpc) is 3.64. The number of hydrogen-bond acceptors (Lipinski definition) is 8. The summed E-state index contributed by atoms with van der Waals surface area (Å²) in [5, 5.41) is 27.3. The number of amides is 4. The lowest BCUT2D eigenvalue weighted by atomic mass is 9.93. The van der Waals surface area contributed by atoms with Gasteiger partial charge in [0, 0.05) is 11.6 Å². The Balaban J connectivity index is 1.36. The molecule has 4 amide bonds. The Labute approximate surface area is 343 Å². The molecule has 1 heterocycles. The van der Waals surface area contributed by atoms with Crippen molar-refractivity contribution in [3.63, 3.8) is 0 Å². The van der Waals surface area contributed by atoms with Gasteiger partial charge in [-0.15, -0.1) is 0 Å². The summed E-state index contributed by atoms with van der Waals surface area (Å²) in [6, 6.07) is 28.5. The van der Waals surface area contributed by atoms with Crippen LogP contribution in [0.25, 0.3) is 11.0 Å². The van der Waals surface area contributed by atoms with Crippen molar-refractivity contribution in [2.75, 3.05) is 0 Å². The van der Waals surface area contributed by atoms with Gasteiger partial charge in [0.05, 0.1) is 29.7 Å². The first kappa shape index (κ1) is 43.4. The van der Waals surface area contributed by atoms with Gasteiger partial charge in [0.2, 0.25) is 17.7 Å². The fraction of sp³-hybridized carbons (Fsp3) is 0.341. The highest BCUT2D eigenvalue weighted by molar-refractivity contribution is 6.30. The van der Waals surface area contributed by atoms with E-state index in [0.29, 0.717) is 10.8 Å². The number of imidazole rings is 1. The number of aromatic nitrogens is 2. The third kappa shape index (κ3) is 12.6. The fourth-order valence-electron chi connectivity index (χ4n) is 6.40. The van der Waals surface area contributed by atoms with E-state index in [1.807, 2.05) is 84.9 Å². The Bertz CT molecular complexity index is 2060. The molecule has 0 aliphatic rings. The quantitative estimate of drug-likeness (QED) is 0.0596. The van der Waals surface area contributed by atoms with Gasteiger partial charge in [-0.25, -0.2) is 9.78 Å². The lowest BCUT2D eigenvalue weighted by molar-refractivity contribution is -0.134. The van der Waals surface area contributed by atoms with Crippen LogP contribution >= 0.6 is 11.6 Å². The van der Waals surface area contributed by atoms with E-state index in [0.717, 1.165) is 27.7 Å². The van der Waals surface area contributed by atoms with Crippen LogP contribution in [0, 0.1) is 11.8 Å². The number of benzene rings is 4. The second-order valence-electron chi connectivity index (χ2n) is 14.9. The Morgan fingerprint density at radius 2 is 1.26 bits per heavy atom. The Hall–Kier alpha value is -5.76. The van der Waals surface area contributed by atoms with E-state index < -0.39 is 54.1 Å². The van der Waals surface area contributed by atoms with Gasteiger partial charge in [-0.1, -0.05) is 124 Å². The summed E-state index contributed by atoms with van der Waals surface area (Å²) >= 11 is 6.13. The third-order valence-electron chi connectivity index (χ3n) is 9.65. The SMILES string of the molecule is CC(C)[C@H](NC(=O)OCc1ccccc1)C(=O)N[C@@H](Cc1ccccc1)[C@@H](O)[C@@H](NCc1ccc(Cl)cc1)C(=O)N[C@H](C(=O)NCc1nc2ccccc2[nH]1)C(C)C. The van der Waals surface area contributed by atoms with Gasteiger partial charge in [0.1, 0.15) is 30.6 Å². The van der Waals surface area contributed by atoms with Crippen molar-refractivity contribution in [3.8, 4) is 0 Å². The molecule has 58 heavy (non-hydrogen) atoms. The maximum atomic E-state index is 14.4. The molecular weight excluding hydrogens is 758 g/mol. The normalized spacial score (nSPS) is 13.9. The molecule has 0 unspecified atom stereocenters. The number of ether oxygens (including phenoxy) is 1. The van der Waals surface area contributed by atoms with Gasteiger partial charge in [0.15, 0.2) is 0 Å². The lowest BCUT2D eigenvalue weighted by Gasteiger charge is -2.33. The number of nitrogens with zero attached hydrogens (tertiary/aromatic N) is 1. The molecule has 5 rings (SSSR count). The molecule has 14 heteroatoms. The van der Waals surface area contributed by atoms with Gasteiger partial charge in [0.25, 0.3) is 0 Å². The lowest BCUT2D eigenvalue weighted by Crippen LogP contribution is -2.63. The number of carbonyl (C=O) groups excluding carboxylic acids is 4. The molecule has 0 radical (unpaired) electrons. The highest BCUT2D eigenvalue weighted by atomic mass is 35.5. The number of H-pyrrole nitrogens is 1. The first-order valence-corrected chi connectivity index (χ1v) is 19.7. The van der Waals surface area contributed by atoms with Crippen LogP contribution in [0.5, 0.6) is 0 Å². The smallest absolute Gasteiger partial charge is 0.408 e. The number of aromatic amines is 1. The first-order valence-electron chi connectivity index (χ1n) is 19.4. The third-order valence-corrected chi connectivity index (χ3v) is 9.90. The zero-order chi connectivity index (χ0) is 41.6. The molecule has 0 spiro atoms. The second-order valence-corrected chi connectivity index (χ2v) is 15.3. The molecule has 0 fully saturated rings. The molecule has 1 aromatic heterocycles. The maximum Gasteiger partial charge on any atom is 0.408 e. The first-order chi connectivity index (χ1) is 27.9. The monoisotopic (exact) mass is 809 g/mol. The number of carbonyl (C=O) groups is 4. The second kappa shape index (κ2) is 21.1. The summed E-state index contributed by atoms with van der Waals surface area (Å²) in [5.41, 5.74) is 3.94. The van der Waals surface area contributed by atoms with Crippen molar-refractivity contribution in [2.24, 2.45) is 11.8 Å². The van der Waals surface area contributed by atoms with Crippen molar-refractivity contribution in [1.82, 2.24) is 36.6 Å². The molecule has 5 atom stereocenters. The number of hydrogen-bond donors (Lipinski definition) is 7. The van der Waals surface area contributed by atoms with E-state index in [1.54, 1.807) is 52.0 Å². The van der Waals surface area contributed by atoms with Crippen LogP contribution in [0.4, 0.5) is 4.79 Å². The molecule has 0 saturated carbocycles. The molecule has 306 valence electrons. The Morgan fingerprint density at radius 3 is 1.90 bits per heavy atom. The van der Waals surface area contributed by atoms with Gasteiger partial charge in [-0.3, -0.25) is 19.7 Å². The van der Waals surface area contributed by atoms with Crippen molar-refractivity contribution in [3.05, 3.63) is 137 Å². The standard InChI is InChI=1S/C44H52ClN7O6/c1-27(2)37(41(54)47-25-36-48-33-17-11-12-18-34(33)49-36)51-43(56)39(46-24-30-19-21-32(45)22-20-30)40(53)35(23-29-13-7-5-8-14-29)50-42(55)38(28(3)4)52-44(57)58-26-31-15-9-6-10-16-31/h5-22,27-28,35,37-40,46,53H,23-26H2,1-4H3,(H,47,54)(H,48,49)(H,50,55)(H,51,56)(H,52,57)/t35-,37-,38-,39+,40+/m0/s1. The number of fused-ring (bicyclic) bond motifs is 1. The minimum absolute atomic E-state index is 0.0137. The van der Waals surface area contributed by atoms with E-state index in [2.05, 4.69) is 36.6 Å². The number of rotatable bonds is 19. The Morgan fingerprint density at radius 1 is 0.672 bits per heavy atom. The van der Waals surface area contributed by atoms with Gasteiger partial charge < -0.3 is 36.1 Å². The highest BCUT2D eigenvalue weighted by Crippen LogP contribution is 2.16. The summed E-state index contributed by atoms with van der Waals surface area (Å²) < 4.78 is 5.40. The summed E-state index contributed by atoms with van der Waals surface area (Å²) in [4.78, 5) is 62.6. The minimum Gasteiger partial charge on any atom is -0.445 e. The van der Waals surface area contributed by atoms with Crippen molar-refractivity contribution < 1.29 is 29.0 Å². The molecule has 7 N–H and O–H groups in total. The van der Waals surface area contributed by atoms with Gasteiger partial charge in [-0.05, 0) is 59.2 Å². The van der Waals surface area contributed by atoms with Crippen LogP contribution in [-0.4, -0.2) is 69.2 Å². The molecule has 13 nitrogen and oxygen atoms in total. The van der Waals surface area contributed by atoms with E-state index in [9.17, 15) is 24.3 Å². The number of nitrogens with one attached hydrogen (secondary N) is 6. The zero-order valence-corrected chi connectivity index (χ0v) is 33.8. The molecule has 0 bridgehead atoms. The van der Waals surface area contributed by atoms with E-state index in [1.165, 1.54) is 0 Å². The molecule has 4 aromatic carbocycles.